The first-order valence-electron chi connectivity index (χ1n) is 6.87. The standard InChI is InChI=1S/C15H20N2O2S/c1-2-17(12-14-5-6-14)20(18,19)15-9-7-13(8-10-15)4-3-11-16/h7-10,14H,2,5-6,11-12,16H2,1H3. The molecule has 0 aromatic heterocycles. The molecule has 2 N–H and O–H groups in total. The Kier molecular flexibility index (Phi) is 4.81. The third-order valence-electron chi connectivity index (χ3n) is 3.34. The Morgan fingerprint density at radius 1 is 1.30 bits per heavy atom. The summed E-state index contributed by atoms with van der Waals surface area (Å²) in [5, 5.41) is 0. The van der Waals surface area contributed by atoms with Crippen LogP contribution in [0.5, 0.6) is 0 Å². The number of hydrogen-bond acceptors (Lipinski definition) is 3. The van der Waals surface area contributed by atoms with Gasteiger partial charge >= 0.3 is 0 Å². The highest BCUT2D eigenvalue weighted by atomic mass is 32.2. The van der Waals surface area contributed by atoms with Crippen LogP contribution in [0.3, 0.4) is 0 Å². The Bertz CT molecular complexity index is 608. The summed E-state index contributed by atoms with van der Waals surface area (Å²) < 4.78 is 26.6. The second-order valence-electron chi connectivity index (χ2n) is 4.93. The van der Waals surface area contributed by atoms with Gasteiger partial charge < -0.3 is 5.73 Å². The molecule has 0 spiro atoms. The van der Waals surface area contributed by atoms with Gasteiger partial charge in [-0.05, 0) is 43.0 Å². The minimum atomic E-state index is -3.38. The van der Waals surface area contributed by atoms with Crippen LogP contribution in [0.4, 0.5) is 0 Å². The number of sulfonamides is 1. The zero-order chi connectivity index (χ0) is 14.6. The van der Waals surface area contributed by atoms with E-state index in [1.807, 2.05) is 6.92 Å². The molecule has 0 bridgehead atoms. The van der Waals surface area contributed by atoms with Crippen LogP contribution in [0.2, 0.25) is 0 Å². The van der Waals surface area contributed by atoms with Crippen molar-refractivity contribution in [1.82, 2.24) is 4.31 Å². The van der Waals surface area contributed by atoms with Crippen molar-refractivity contribution < 1.29 is 8.42 Å². The fourth-order valence-corrected chi connectivity index (χ4v) is 3.52. The summed E-state index contributed by atoms with van der Waals surface area (Å²) in [5.41, 5.74) is 6.09. The molecule has 0 atom stereocenters. The first kappa shape index (κ1) is 15.0. The van der Waals surface area contributed by atoms with Crippen LogP contribution in [0.15, 0.2) is 29.2 Å². The molecular weight excluding hydrogens is 272 g/mol. The molecule has 1 aromatic rings. The van der Waals surface area contributed by atoms with Gasteiger partial charge in [0.05, 0.1) is 11.4 Å². The average Bonchev–Trinajstić information content (AvgIpc) is 3.26. The number of benzene rings is 1. The van der Waals surface area contributed by atoms with Gasteiger partial charge in [-0.3, -0.25) is 0 Å². The molecule has 4 nitrogen and oxygen atoms in total. The maximum absolute atomic E-state index is 12.5. The van der Waals surface area contributed by atoms with E-state index in [2.05, 4.69) is 11.8 Å². The zero-order valence-electron chi connectivity index (χ0n) is 11.7. The molecule has 0 amide bonds. The van der Waals surface area contributed by atoms with Gasteiger partial charge in [0.1, 0.15) is 0 Å². The second kappa shape index (κ2) is 6.40. The lowest BCUT2D eigenvalue weighted by Gasteiger charge is -2.20. The van der Waals surface area contributed by atoms with Crippen LogP contribution in [0, 0.1) is 17.8 Å². The summed E-state index contributed by atoms with van der Waals surface area (Å²) in [5.74, 6) is 6.18. The number of hydrogen-bond donors (Lipinski definition) is 1. The number of rotatable bonds is 5. The molecule has 1 aromatic carbocycles. The lowest BCUT2D eigenvalue weighted by Crippen LogP contribution is -2.32. The van der Waals surface area contributed by atoms with E-state index < -0.39 is 10.0 Å². The third-order valence-corrected chi connectivity index (χ3v) is 5.29. The molecule has 1 fully saturated rings. The van der Waals surface area contributed by atoms with Gasteiger partial charge in [0.15, 0.2) is 0 Å². The Morgan fingerprint density at radius 2 is 1.95 bits per heavy atom. The maximum atomic E-state index is 12.5. The van der Waals surface area contributed by atoms with Gasteiger partial charge in [0.2, 0.25) is 10.0 Å². The fraction of sp³-hybridized carbons (Fsp3) is 0.467. The van der Waals surface area contributed by atoms with Gasteiger partial charge in [-0.25, -0.2) is 8.42 Å². The van der Waals surface area contributed by atoms with E-state index in [1.54, 1.807) is 28.6 Å². The minimum absolute atomic E-state index is 0.297. The molecule has 20 heavy (non-hydrogen) atoms. The molecule has 1 aliphatic rings. The fourth-order valence-electron chi connectivity index (χ4n) is 2.00. The van der Waals surface area contributed by atoms with Crippen LogP contribution < -0.4 is 5.73 Å². The van der Waals surface area contributed by atoms with Gasteiger partial charge in [0, 0.05) is 18.7 Å². The van der Waals surface area contributed by atoms with E-state index in [9.17, 15) is 8.42 Å². The summed E-state index contributed by atoms with van der Waals surface area (Å²) in [6.07, 6.45) is 2.28. The largest absolute Gasteiger partial charge is 0.320 e. The highest BCUT2D eigenvalue weighted by Gasteiger charge is 2.30. The van der Waals surface area contributed by atoms with Gasteiger partial charge in [0.25, 0.3) is 0 Å². The van der Waals surface area contributed by atoms with Crippen LogP contribution in [0.1, 0.15) is 25.3 Å². The van der Waals surface area contributed by atoms with E-state index in [1.165, 1.54) is 0 Å². The highest BCUT2D eigenvalue weighted by Crippen LogP contribution is 2.31. The molecule has 0 unspecified atom stereocenters. The second-order valence-corrected chi connectivity index (χ2v) is 6.87. The lowest BCUT2D eigenvalue weighted by atomic mass is 10.2. The van der Waals surface area contributed by atoms with E-state index in [4.69, 9.17) is 5.73 Å². The molecule has 0 heterocycles. The lowest BCUT2D eigenvalue weighted by molar-refractivity contribution is 0.412. The van der Waals surface area contributed by atoms with Crippen molar-refractivity contribution in [3.8, 4) is 11.8 Å². The van der Waals surface area contributed by atoms with Crippen LogP contribution >= 0.6 is 0 Å². The predicted molar refractivity (Wildman–Crippen MR) is 79.5 cm³/mol. The van der Waals surface area contributed by atoms with Crippen molar-refractivity contribution in [2.75, 3.05) is 19.6 Å². The maximum Gasteiger partial charge on any atom is 0.243 e. The smallest absolute Gasteiger partial charge is 0.243 e. The molecule has 2 rings (SSSR count). The van der Waals surface area contributed by atoms with Crippen molar-refractivity contribution in [3.63, 3.8) is 0 Å². The Hall–Kier alpha value is -1.35. The molecule has 0 radical (unpaired) electrons. The summed E-state index contributed by atoms with van der Waals surface area (Å²) in [7, 11) is -3.38. The monoisotopic (exact) mass is 292 g/mol. The summed E-state index contributed by atoms with van der Waals surface area (Å²) in [6, 6.07) is 6.68. The Morgan fingerprint density at radius 3 is 2.45 bits per heavy atom. The molecule has 5 heteroatoms. The average molecular weight is 292 g/mol. The molecule has 1 saturated carbocycles. The van der Waals surface area contributed by atoms with Crippen molar-refractivity contribution in [2.24, 2.45) is 11.7 Å². The van der Waals surface area contributed by atoms with Crippen molar-refractivity contribution in [3.05, 3.63) is 29.8 Å². The van der Waals surface area contributed by atoms with Crippen LogP contribution in [-0.4, -0.2) is 32.4 Å². The third kappa shape index (κ3) is 3.60. The summed E-state index contributed by atoms with van der Waals surface area (Å²) in [4.78, 5) is 0.332. The van der Waals surface area contributed by atoms with E-state index >= 15 is 0 Å². The molecule has 0 aliphatic heterocycles. The Labute approximate surface area is 121 Å². The Balaban J connectivity index is 2.19. The van der Waals surface area contributed by atoms with E-state index in [0.717, 1.165) is 18.4 Å². The highest BCUT2D eigenvalue weighted by molar-refractivity contribution is 7.89. The van der Waals surface area contributed by atoms with Crippen LogP contribution in [0.25, 0.3) is 0 Å². The SMILES string of the molecule is CCN(CC1CC1)S(=O)(=O)c1ccc(C#CCN)cc1. The van der Waals surface area contributed by atoms with Crippen molar-refractivity contribution >= 4 is 10.0 Å². The predicted octanol–water partition coefficient (Wildman–Crippen LogP) is 1.42. The number of nitrogens with zero attached hydrogens (tertiary/aromatic N) is 1. The van der Waals surface area contributed by atoms with Gasteiger partial charge in [-0.15, -0.1) is 0 Å². The summed E-state index contributed by atoms with van der Waals surface area (Å²) in [6.45, 7) is 3.31. The van der Waals surface area contributed by atoms with Crippen molar-refractivity contribution in [1.29, 1.82) is 0 Å². The minimum Gasteiger partial charge on any atom is -0.320 e. The van der Waals surface area contributed by atoms with E-state index in [-0.39, 0.29) is 0 Å². The normalized spacial score (nSPS) is 14.9. The zero-order valence-corrected chi connectivity index (χ0v) is 12.5. The molecule has 108 valence electrons. The molecular formula is C15H20N2O2S. The van der Waals surface area contributed by atoms with Crippen molar-refractivity contribution in [2.45, 2.75) is 24.7 Å². The first-order chi connectivity index (χ1) is 9.57. The topological polar surface area (TPSA) is 63.4 Å². The molecule has 0 saturated heterocycles. The first-order valence-corrected chi connectivity index (χ1v) is 8.31. The molecule has 1 aliphatic carbocycles. The van der Waals surface area contributed by atoms with Crippen LogP contribution in [-0.2, 0) is 10.0 Å². The van der Waals surface area contributed by atoms with Gasteiger partial charge in [-0.2, -0.15) is 4.31 Å². The quantitative estimate of drug-likeness (QED) is 0.835. The van der Waals surface area contributed by atoms with E-state index in [0.29, 0.717) is 30.4 Å². The number of nitrogens with two attached hydrogens (primary N) is 1. The van der Waals surface area contributed by atoms with Gasteiger partial charge in [-0.1, -0.05) is 18.8 Å². The summed E-state index contributed by atoms with van der Waals surface area (Å²) >= 11 is 0.